The number of nitrogens with one attached hydrogen (secondary N) is 3. The van der Waals surface area contributed by atoms with Crippen LogP contribution in [0.5, 0.6) is 5.75 Å². The molecule has 1 aromatic heterocycles. The molecule has 0 aliphatic heterocycles. The van der Waals surface area contributed by atoms with Gasteiger partial charge in [0.1, 0.15) is 11.8 Å². The number of amides is 2. The Labute approximate surface area is 179 Å². The van der Waals surface area contributed by atoms with Crippen molar-refractivity contribution in [1.82, 2.24) is 10.3 Å². The third-order valence-corrected chi connectivity index (χ3v) is 4.74. The standard InChI is InChI=1S/C23H25N3O5/c1-14-8-9-21(30-3)19(10-14)26-22(28)13-31-23(29)20(25-15(2)27)11-16-12-24-18-7-5-4-6-17(16)18/h4-10,12,20,24H,11,13H2,1-3H3,(H,25,27)(H,26,28). The fourth-order valence-corrected chi connectivity index (χ4v) is 3.30. The summed E-state index contributed by atoms with van der Waals surface area (Å²) in [7, 11) is 1.50. The summed E-state index contributed by atoms with van der Waals surface area (Å²) in [4.78, 5) is 39.7. The first kappa shape index (κ1) is 21.9. The van der Waals surface area contributed by atoms with Gasteiger partial charge in [-0.1, -0.05) is 24.3 Å². The third-order valence-electron chi connectivity index (χ3n) is 4.74. The van der Waals surface area contributed by atoms with E-state index < -0.39 is 24.5 Å². The van der Waals surface area contributed by atoms with Crippen molar-refractivity contribution in [3.8, 4) is 5.75 Å². The number of benzene rings is 2. The van der Waals surface area contributed by atoms with E-state index in [1.54, 1.807) is 18.3 Å². The molecule has 3 N–H and O–H groups in total. The van der Waals surface area contributed by atoms with Crippen molar-refractivity contribution < 1.29 is 23.9 Å². The van der Waals surface area contributed by atoms with Gasteiger partial charge in [-0.05, 0) is 36.2 Å². The van der Waals surface area contributed by atoms with Crippen molar-refractivity contribution in [3.63, 3.8) is 0 Å². The van der Waals surface area contributed by atoms with Gasteiger partial charge in [-0.2, -0.15) is 0 Å². The van der Waals surface area contributed by atoms with E-state index in [4.69, 9.17) is 9.47 Å². The van der Waals surface area contributed by atoms with Gasteiger partial charge < -0.3 is 25.1 Å². The van der Waals surface area contributed by atoms with Crippen molar-refractivity contribution in [2.24, 2.45) is 0 Å². The molecule has 0 radical (unpaired) electrons. The van der Waals surface area contributed by atoms with Gasteiger partial charge in [0.15, 0.2) is 6.61 Å². The van der Waals surface area contributed by atoms with E-state index in [-0.39, 0.29) is 12.3 Å². The number of rotatable bonds is 8. The normalized spacial score (nSPS) is 11.6. The highest BCUT2D eigenvalue weighted by Gasteiger charge is 2.24. The van der Waals surface area contributed by atoms with Crippen LogP contribution >= 0.6 is 0 Å². The van der Waals surface area contributed by atoms with Crippen LogP contribution < -0.4 is 15.4 Å². The quantitative estimate of drug-likeness (QED) is 0.483. The van der Waals surface area contributed by atoms with Gasteiger partial charge in [0.25, 0.3) is 5.91 Å². The van der Waals surface area contributed by atoms with Crippen LogP contribution in [-0.2, 0) is 25.5 Å². The topological polar surface area (TPSA) is 110 Å². The van der Waals surface area contributed by atoms with Crippen LogP contribution in [0.25, 0.3) is 10.9 Å². The van der Waals surface area contributed by atoms with E-state index in [1.807, 2.05) is 37.3 Å². The smallest absolute Gasteiger partial charge is 0.329 e. The van der Waals surface area contributed by atoms with E-state index in [9.17, 15) is 14.4 Å². The van der Waals surface area contributed by atoms with Gasteiger partial charge >= 0.3 is 5.97 Å². The lowest BCUT2D eigenvalue weighted by molar-refractivity contribution is -0.150. The number of aryl methyl sites for hydroxylation is 1. The molecule has 31 heavy (non-hydrogen) atoms. The van der Waals surface area contributed by atoms with Crippen molar-refractivity contribution in [3.05, 3.63) is 59.8 Å². The molecule has 0 spiro atoms. The van der Waals surface area contributed by atoms with Crippen molar-refractivity contribution in [2.75, 3.05) is 19.0 Å². The molecule has 0 saturated carbocycles. The van der Waals surface area contributed by atoms with Crippen LogP contribution in [-0.4, -0.2) is 42.5 Å². The number of esters is 1. The zero-order valence-corrected chi connectivity index (χ0v) is 17.7. The monoisotopic (exact) mass is 423 g/mol. The van der Waals surface area contributed by atoms with Crippen LogP contribution in [0.3, 0.4) is 0 Å². The minimum atomic E-state index is -0.919. The summed E-state index contributed by atoms with van der Waals surface area (Å²) < 4.78 is 10.4. The number of aromatic nitrogens is 1. The van der Waals surface area contributed by atoms with Crippen molar-refractivity contribution >= 4 is 34.4 Å². The number of ether oxygens (including phenoxy) is 2. The van der Waals surface area contributed by atoms with Gasteiger partial charge in [-0.15, -0.1) is 0 Å². The molecule has 2 amide bonds. The largest absolute Gasteiger partial charge is 0.495 e. The molecule has 1 unspecified atom stereocenters. The SMILES string of the molecule is COc1ccc(C)cc1NC(=O)COC(=O)C(Cc1c[nH]c2ccccc12)NC(C)=O. The molecule has 162 valence electrons. The van der Waals surface area contributed by atoms with Gasteiger partial charge in [0, 0.05) is 30.4 Å². The Morgan fingerprint density at radius 2 is 1.90 bits per heavy atom. The molecular weight excluding hydrogens is 398 g/mol. The summed E-state index contributed by atoms with van der Waals surface area (Å²) in [5.74, 6) is -1.06. The second-order valence-corrected chi connectivity index (χ2v) is 7.18. The summed E-state index contributed by atoms with van der Waals surface area (Å²) in [5.41, 5.74) is 3.22. The minimum Gasteiger partial charge on any atom is -0.495 e. The fourth-order valence-electron chi connectivity index (χ4n) is 3.30. The van der Waals surface area contributed by atoms with Crippen LogP contribution in [0.15, 0.2) is 48.7 Å². The maximum atomic E-state index is 12.6. The Morgan fingerprint density at radius 3 is 2.65 bits per heavy atom. The number of H-pyrrole nitrogens is 1. The summed E-state index contributed by atoms with van der Waals surface area (Å²) in [6.45, 7) is 2.73. The summed E-state index contributed by atoms with van der Waals surface area (Å²) in [6.07, 6.45) is 2.03. The van der Waals surface area contributed by atoms with Crippen LogP contribution in [0.2, 0.25) is 0 Å². The average molecular weight is 423 g/mol. The molecule has 1 heterocycles. The average Bonchev–Trinajstić information content (AvgIpc) is 3.14. The highest BCUT2D eigenvalue weighted by atomic mass is 16.5. The Balaban J connectivity index is 1.65. The molecule has 3 aromatic rings. The molecule has 8 nitrogen and oxygen atoms in total. The molecule has 0 aliphatic rings. The summed E-state index contributed by atoms with van der Waals surface area (Å²) in [5, 5.41) is 6.23. The molecule has 0 aliphatic carbocycles. The molecule has 8 heteroatoms. The van der Waals surface area contributed by atoms with Gasteiger partial charge in [0.05, 0.1) is 12.8 Å². The number of carbonyl (C=O) groups is 3. The lowest BCUT2D eigenvalue weighted by Crippen LogP contribution is -2.43. The van der Waals surface area contributed by atoms with E-state index in [0.717, 1.165) is 22.0 Å². The highest BCUT2D eigenvalue weighted by molar-refractivity contribution is 5.95. The number of fused-ring (bicyclic) bond motifs is 1. The summed E-state index contributed by atoms with van der Waals surface area (Å²) >= 11 is 0. The highest BCUT2D eigenvalue weighted by Crippen LogP contribution is 2.25. The first-order valence-corrected chi connectivity index (χ1v) is 9.80. The number of methoxy groups -OCH3 is 1. The maximum Gasteiger partial charge on any atom is 0.329 e. The summed E-state index contributed by atoms with van der Waals surface area (Å²) in [6, 6.07) is 12.1. The zero-order valence-electron chi connectivity index (χ0n) is 17.7. The second kappa shape index (κ2) is 9.80. The predicted molar refractivity (Wildman–Crippen MR) is 117 cm³/mol. The number of anilines is 1. The number of para-hydroxylation sites is 1. The molecular formula is C23H25N3O5. The predicted octanol–water partition coefficient (Wildman–Crippen LogP) is 2.71. The zero-order chi connectivity index (χ0) is 22.4. The molecule has 3 rings (SSSR count). The van der Waals surface area contributed by atoms with Gasteiger partial charge in [0.2, 0.25) is 5.91 Å². The molecule has 2 aromatic carbocycles. The lowest BCUT2D eigenvalue weighted by Gasteiger charge is -2.17. The van der Waals surface area contributed by atoms with Gasteiger partial charge in [-0.3, -0.25) is 9.59 Å². The van der Waals surface area contributed by atoms with Crippen LogP contribution in [0.1, 0.15) is 18.1 Å². The molecule has 0 fully saturated rings. The van der Waals surface area contributed by atoms with Crippen molar-refractivity contribution in [1.29, 1.82) is 0 Å². The first-order valence-electron chi connectivity index (χ1n) is 9.80. The third kappa shape index (κ3) is 5.63. The Kier molecular flexibility index (Phi) is 6.92. The first-order chi connectivity index (χ1) is 14.9. The second-order valence-electron chi connectivity index (χ2n) is 7.18. The number of aromatic amines is 1. The van der Waals surface area contributed by atoms with Gasteiger partial charge in [-0.25, -0.2) is 4.79 Å². The molecule has 0 saturated heterocycles. The van der Waals surface area contributed by atoms with Crippen LogP contribution in [0, 0.1) is 6.92 Å². The lowest BCUT2D eigenvalue weighted by atomic mass is 10.0. The Morgan fingerprint density at radius 1 is 1.13 bits per heavy atom. The minimum absolute atomic E-state index is 0.232. The number of carbonyl (C=O) groups excluding carboxylic acids is 3. The fraction of sp³-hybridized carbons (Fsp3) is 0.261. The molecule has 0 bridgehead atoms. The van der Waals surface area contributed by atoms with E-state index in [0.29, 0.717) is 11.4 Å². The maximum absolute atomic E-state index is 12.6. The van der Waals surface area contributed by atoms with E-state index >= 15 is 0 Å². The molecule has 1 atom stereocenters. The number of hydrogen-bond acceptors (Lipinski definition) is 5. The van der Waals surface area contributed by atoms with E-state index in [2.05, 4.69) is 15.6 Å². The van der Waals surface area contributed by atoms with Crippen LogP contribution in [0.4, 0.5) is 5.69 Å². The van der Waals surface area contributed by atoms with E-state index in [1.165, 1.54) is 14.0 Å². The Hall–Kier alpha value is -3.81. The van der Waals surface area contributed by atoms with Crippen molar-refractivity contribution in [2.45, 2.75) is 26.3 Å². The number of hydrogen-bond donors (Lipinski definition) is 3. The Bertz CT molecular complexity index is 1110.